The number of ether oxygens (including phenoxy) is 1. The summed E-state index contributed by atoms with van der Waals surface area (Å²) >= 11 is 6.03. The van der Waals surface area contributed by atoms with Crippen molar-refractivity contribution in [1.82, 2.24) is 15.0 Å². The van der Waals surface area contributed by atoms with E-state index in [9.17, 15) is 0 Å². The molecule has 0 aliphatic carbocycles. The van der Waals surface area contributed by atoms with Crippen LogP contribution in [0.5, 0.6) is 5.88 Å². The van der Waals surface area contributed by atoms with E-state index in [1.54, 1.807) is 7.11 Å². The van der Waals surface area contributed by atoms with E-state index < -0.39 is 0 Å². The highest BCUT2D eigenvalue weighted by Gasteiger charge is 2.14. The number of halogens is 1. The second-order valence-corrected chi connectivity index (χ2v) is 4.01. The van der Waals surface area contributed by atoms with E-state index in [2.05, 4.69) is 15.0 Å². The van der Waals surface area contributed by atoms with Gasteiger partial charge in [0, 0.05) is 5.69 Å². The fourth-order valence-corrected chi connectivity index (χ4v) is 1.82. The van der Waals surface area contributed by atoms with Crippen LogP contribution in [0.1, 0.15) is 12.6 Å². The summed E-state index contributed by atoms with van der Waals surface area (Å²) in [4.78, 5) is 12.5. The lowest BCUT2D eigenvalue weighted by Gasteiger charge is -2.09. The summed E-state index contributed by atoms with van der Waals surface area (Å²) in [7, 11) is 1.56. The van der Waals surface area contributed by atoms with Crippen LogP contribution in [0.4, 0.5) is 5.82 Å². The molecule has 0 amide bonds. The first-order valence-electron chi connectivity index (χ1n) is 5.48. The van der Waals surface area contributed by atoms with E-state index in [0.717, 1.165) is 12.1 Å². The Balaban J connectivity index is 2.56. The molecule has 18 heavy (non-hydrogen) atoms. The maximum atomic E-state index is 6.03. The number of methoxy groups -OCH3 is 1. The third-order valence-corrected chi connectivity index (χ3v) is 2.74. The normalized spacial score (nSPS) is 10.4. The van der Waals surface area contributed by atoms with Gasteiger partial charge < -0.3 is 10.5 Å². The van der Waals surface area contributed by atoms with Gasteiger partial charge in [0.15, 0.2) is 5.15 Å². The second kappa shape index (κ2) is 5.18. The maximum absolute atomic E-state index is 6.03. The average molecular weight is 265 g/mol. The van der Waals surface area contributed by atoms with E-state index in [0.29, 0.717) is 17.1 Å². The largest absolute Gasteiger partial charge is 0.480 e. The molecule has 0 saturated heterocycles. The van der Waals surface area contributed by atoms with Gasteiger partial charge in [-0.2, -0.15) is 0 Å². The summed E-state index contributed by atoms with van der Waals surface area (Å²) in [5.41, 5.74) is 7.67. The number of pyridine rings is 1. The molecule has 0 unspecified atom stereocenters. The molecule has 94 valence electrons. The van der Waals surface area contributed by atoms with Crippen molar-refractivity contribution in [2.45, 2.75) is 13.3 Å². The van der Waals surface area contributed by atoms with E-state index in [4.69, 9.17) is 22.1 Å². The van der Waals surface area contributed by atoms with Gasteiger partial charge in [-0.15, -0.1) is 0 Å². The highest BCUT2D eigenvalue weighted by Crippen LogP contribution is 2.31. The Kier molecular flexibility index (Phi) is 3.62. The van der Waals surface area contributed by atoms with Crippen molar-refractivity contribution in [3.63, 3.8) is 0 Å². The van der Waals surface area contributed by atoms with Crippen LogP contribution in [0.3, 0.4) is 0 Å². The SMILES string of the molecule is CCc1ccc(-c2ncc(N)nc2Cl)c(OC)n1. The van der Waals surface area contributed by atoms with E-state index >= 15 is 0 Å². The summed E-state index contributed by atoms with van der Waals surface area (Å²) < 4.78 is 5.26. The number of aryl methyl sites for hydroxylation is 1. The van der Waals surface area contributed by atoms with Crippen molar-refractivity contribution in [2.24, 2.45) is 0 Å². The molecular formula is C12H13ClN4O. The van der Waals surface area contributed by atoms with Gasteiger partial charge in [-0.1, -0.05) is 18.5 Å². The minimum Gasteiger partial charge on any atom is -0.480 e. The Labute approximate surface area is 110 Å². The maximum Gasteiger partial charge on any atom is 0.223 e. The summed E-state index contributed by atoms with van der Waals surface area (Å²) in [6.45, 7) is 2.03. The number of rotatable bonds is 3. The molecule has 0 bridgehead atoms. The van der Waals surface area contributed by atoms with E-state index in [1.165, 1.54) is 6.20 Å². The molecule has 6 heteroatoms. The molecule has 0 aliphatic heterocycles. The predicted molar refractivity (Wildman–Crippen MR) is 70.6 cm³/mol. The van der Waals surface area contributed by atoms with Crippen LogP contribution in [-0.2, 0) is 6.42 Å². The summed E-state index contributed by atoms with van der Waals surface area (Å²) in [5, 5.41) is 0.236. The first kappa shape index (κ1) is 12.6. The molecular weight excluding hydrogens is 252 g/mol. The van der Waals surface area contributed by atoms with E-state index in [-0.39, 0.29) is 11.0 Å². The third-order valence-electron chi connectivity index (χ3n) is 2.48. The molecule has 0 radical (unpaired) electrons. The average Bonchev–Trinajstić information content (AvgIpc) is 2.38. The number of nitrogen functional groups attached to an aromatic ring is 1. The predicted octanol–water partition coefficient (Wildman–Crippen LogP) is 2.35. The minimum absolute atomic E-state index is 0.236. The topological polar surface area (TPSA) is 73.9 Å². The lowest BCUT2D eigenvalue weighted by atomic mass is 10.1. The highest BCUT2D eigenvalue weighted by molar-refractivity contribution is 6.32. The minimum atomic E-state index is 0.236. The number of aromatic nitrogens is 3. The van der Waals surface area contributed by atoms with Gasteiger partial charge >= 0.3 is 0 Å². The molecule has 0 aliphatic rings. The quantitative estimate of drug-likeness (QED) is 0.921. The molecule has 0 saturated carbocycles. The number of hydrogen-bond donors (Lipinski definition) is 1. The Morgan fingerprint density at radius 1 is 1.33 bits per heavy atom. The molecule has 0 atom stereocenters. The monoisotopic (exact) mass is 264 g/mol. The lowest BCUT2D eigenvalue weighted by molar-refractivity contribution is 0.398. The molecule has 2 N–H and O–H groups in total. The number of nitrogens with two attached hydrogens (primary N) is 1. The van der Waals surface area contributed by atoms with Gasteiger partial charge in [-0.3, -0.25) is 0 Å². The van der Waals surface area contributed by atoms with Gasteiger partial charge in [-0.25, -0.2) is 15.0 Å². The van der Waals surface area contributed by atoms with Crippen LogP contribution < -0.4 is 10.5 Å². The van der Waals surface area contributed by atoms with Crippen LogP contribution in [0.2, 0.25) is 5.15 Å². The van der Waals surface area contributed by atoms with Gasteiger partial charge in [0.25, 0.3) is 0 Å². The Bertz CT molecular complexity index is 574. The van der Waals surface area contributed by atoms with Crippen molar-refractivity contribution >= 4 is 17.4 Å². The van der Waals surface area contributed by atoms with Gasteiger partial charge in [-0.05, 0) is 18.6 Å². The standard InChI is InChI=1S/C12H13ClN4O/c1-3-7-4-5-8(12(16-7)18-2)10-11(13)17-9(14)6-15-10/h4-6H,3H2,1-2H3,(H2,14,17). The molecule has 2 heterocycles. The van der Waals surface area contributed by atoms with Crippen LogP contribution in [-0.4, -0.2) is 22.1 Å². The first-order valence-corrected chi connectivity index (χ1v) is 5.85. The highest BCUT2D eigenvalue weighted by atomic mass is 35.5. The molecule has 2 aromatic heterocycles. The fourth-order valence-electron chi connectivity index (χ4n) is 1.57. The summed E-state index contributed by atoms with van der Waals surface area (Å²) in [6.07, 6.45) is 2.28. The van der Waals surface area contributed by atoms with Crippen LogP contribution >= 0.6 is 11.6 Å². The zero-order chi connectivity index (χ0) is 13.1. The first-order chi connectivity index (χ1) is 8.65. The summed E-state index contributed by atoms with van der Waals surface area (Å²) in [5.74, 6) is 0.760. The molecule has 2 rings (SSSR count). The van der Waals surface area contributed by atoms with Gasteiger partial charge in [0.1, 0.15) is 11.5 Å². The smallest absolute Gasteiger partial charge is 0.223 e. The van der Waals surface area contributed by atoms with Crippen molar-refractivity contribution < 1.29 is 4.74 Å². The zero-order valence-electron chi connectivity index (χ0n) is 10.1. The molecule has 0 aromatic carbocycles. The van der Waals surface area contributed by atoms with Crippen LogP contribution in [0.25, 0.3) is 11.3 Å². The Morgan fingerprint density at radius 2 is 2.11 bits per heavy atom. The van der Waals surface area contributed by atoms with Crippen LogP contribution in [0.15, 0.2) is 18.3 Å². The van der Waals surface area contributed by atoms with Gasteiger partial charge in [0.2, 0.25) is 5.88 Å². The zero-order valence-corrected chi connectivity index (χ0v) is 10.9. The Morgan fingerprint density at radius 3 is 2.72 bits per heavy atom. The number of nitrogens with zero attached hydrogens (tertiary/aromatic N) is 3. The molecule has 0 spiro atoms. The van der Waals surface area contributed by atoms with Crippen molar-refractivity contribution in [1.29, 1.82) is 0 Å². The van der Waals surface area contributed by atoms with E-state index in [1.807, 2.05) is 19.1 Å². The van der Waals surface area contributed by atoms with Crippen molar-refractivity contribution in [3.05, 3.63) is 29.2 Å². The Hall–Kier alpha value is -1.88. The lowest BCUT2D eigenvalue weighted by Crippen LogP contribution is -1.99. The number of hydrogen-bond acceptors (Lipinski definition) is 5. The van der Waals surface area contributed by atoms with Crippen molar-refractivity contribution in [2.75, 3.05) is 12.8 Å². The van der Waals surface area contributed by atoms with Crippen molar-refractivity contribution in [3.8, 4) is 17.1 Å². The van der Waals surface area contributed by atoms with Crippen LogP contribution in [0, 0.1) is 0 Å². The number of anilines is 1. The summed E-state index contributed by atoms with van der Waals surface area (Å²) in [6, 6.07) is 3.78. The molecule has 5 nitrogen and oxygen atoms in total. The molecule has 2 aromatic rings. The second-order valence-electron chi connectivity index (χ2n) is 3.65. The third kappa shape index (κ3) is 2.36. The van der Waals surface area contributed by atoms with Gasteiger partial charge in [0.05, 0.1) is 18.9 Å². The fraction of sp³-hybridized carbons (Fsp3) is 0.250. The molecule has 0 fully saturated rings.